The lowest BCUT2D eigenvalue weighted by Crippen LogP contribution is -2.65. The normalized spacial score (nSPS) is 27.1. The summed E-state index contributed by atoms with van der Waals surface area (Å²) in [6.45, 7) is 2.46. The van der Waals surface area contributed by atoms with Gasteiger partial charge in [0.1, 0.15) is 18.4 Å². The molecular formula is C33H34F3NO5. The Morgan fingerprint density at radius 1 is 1.00 bits per heavy atom. The zero-order valence-electron chi connectivity index (χ0n) is 23.4. The van der Waals surface area contributed by atoms with Crippen molar-refractivity contribution in [1.82, 2.24) is 5.32 Å². The number of amides is 1. The molecule has 0 spiro atoms. The van der Waals surface area contributed by atoms with Gasteiger partial charge in [0, 0.05) is 17.4 Å². The van der Waals surface area contributed by atoms with Crippen LogP contribution in [0.1, 0.15) is 66.9 Å². The van der Waals surface area contributed by atoms with Gasteiger partial charge in [-0.05, 0) is 86.4 Å². The summed E-state index contributed by atoms with van der Waals surface area (Å²) in [5.41, 5.74) is -1.02. The fourth-order valence-electron chi connectivity index (χ4n) is 8.27. The number of carboxylic acid groups (broad SMARTS) is 1. The Bertz CT molecular complexity index is 1490. The maximum absolute atomic E-state index is 13.9. The number of carbonyl (C=O) groups is 2. The first kappa shape index (κ1) is 28.5. The third-order valence-electron chi connectivity index (χ3n) is 9.43. The molecule has 1 amide bonds. The lowest BCUT2D eigenvalue weighted by Gasteiger charge is -2.63. The highest BCUT2D eigenvalue weighted by atomic mass is 19.4. The van der Waals surface area contributed by atoms with Gasteiger partial charge in [-0.1, -0.05) is 42.5 Å². The summed E-state index contributed by atoms with van der Waals surface area (Å²) >= 11 is 0. The number of alkyl halides is 3. The molecule has 4 saturated carbocycles. The third kappa shape index (κ3) is 5.23. The van der Waals surface area contributed by atoms with Crippen molar-refractivity contribution in [3.8, 4) is 5.75 Å². The van der Waals surface area contributed by atoms with Crippen LogP contribution in [0.3, 0.4) is 0 Å². The zero-order valence-corrected chi connectivity index (χ0v) is 23.4. The van der Waals surface area contributed by atoms with Gasteiger partial charge in [0.05, 0.1) is 16.7 Å². The lowest BCUT2D eigenvalue weighted by atomic mass is 9.46. The molecule has 9 heteroatoms. The first-order valence-electron chi connectivity index (χ1n) is 14.5. The number of hydrogen-bond acceptors (Lipinski definition) is 4. The predicted molar refractivity (Wildman–Crippen MR) is 150 cm³/mol. The van der Waals surface area contributed by atoms with Gasteiger partial charge in [-0.2, -0.15) is 13.2 Å². The highest BCUT2D eigenvalue weighted by Gasteiger charge is 2.62. The number of hydrogen-bond donors (Lipinski definition) is 2. The second kappa shape index (κ2) is 10.6. The van der Waals surface area contributed by atoms with E-state index in [-0.39, 0.29) is 23.5 Å². The van der Waals surface area contributed by atoms with E-state index in [2.05, 4.69) is 5.32 Å². The van der Waals surface area contributed by atoms with E-state index in [0.717, 1.165) is 49.6 Å². The number of benzene rings is 3. The second-order valence-corrected chi connectivity index (χ2v) is 12.3. The van der Waals surface area contributed by atoms with Crippen molar-refractivity contribution in [2.24, 2.45) is 17.3 Å². The van der Waals surface area contributed by atoms with Crippen LogP contribution in [0.15, 0.2) is 60.7 Å². The summed E-state index contributed by atoms with van der Waals surface area (Å²) in [5.74, 6) is -0.618. The number of carboxylic acids is 1. The third-order valence-corrected chi connectivity index (χ3v) is 9.43. The van der Waals surface area contributed by atoms with Crippen molar-refractivity contribution in [3.05, 3.63) is 77.4 Å². The molecule has 4 aliphatic rings. The zero-order chi connectivity index (χ0) is 29.7. The molecule has 0 saturated heterocycles. The Hall–Kier alpha value is -3.59. The van der Waals surface area contributed by atoms with Crippen LogP contribution in [0.5, 0.6) is 5.75 Å². The van der Waals surface area contributed by atoms with Gasteiger partial charge < -0.3 is 19.9 Å². The van der Waals surface area contributed by atoms with Crippen LogP contribution in [0.25, 0.3) is 10.8 Å². The average molecular weight is 582 g/mol. The monoisotopic (exact) mass is 581 g/mol. The summed E-state index contributed by atoms with van der Waals surface area (Å²) in [5, 5.41) is 14.8. The lowest BCUT2D eigenvalue weighted by molar-refractivity contribution is -0.201. The quantitative estimate of drug-likeness (QED) is 0.284. The highest BCUT2D eigenvalue weighted by Crippen LogP contribution is 2.64. The molecule has 7 rings (SSSR count). The van der Waals surface area contributed by atoms with Crippen LogP contribution in [0, 0.1) is 17.3 Å². The van der Waals surface area contributed by atoms with Crippen molar-refractivity contribution in [2.75, 3.05) is 6.61 Å². The van der Waals surface area contributed by atoms with Crippen LogP contribution in [0.4, 0.5) is 13.2 Å². The van der Waals surface area contributed by atoms with Gasteiger partial charge in [0.15, 0.2) is 0 Å². The number of nitrogens with one attached hydrogen (secondary N) is 1. The second-order valence-electron chi connectivity index (χ2n) is 12.3. The summed E-state index contributed by atoms with van der Waals surface area (Å²) < 4.78 is 51.4. The van der Waals surface area contributed by atoms with E-state index in [1.807, 2.05) is 19.1 Å². The standard InChI is InChI=1S/C33H34F3NO5/c1-2-42-32-16-21-13-22(17-32)15-31(14-21,19-32)28(30(39)40)37-29(38)26-12-9-23-5-3-4-6-25(23)27(26)41-18-20-7-10-24(11-8-20)33(34,35)36/h3-12,21-22,28H,2,13-19H2,1H3,(H,37,38)(H,39,40). The van der Waals surface area contributed by atoms with E-state index in [1.165, 1.54) is 12.1 Å². The largest absolute Gasteiger partial charge is 0.487 e. The van der Waals surface area contributed by atoms with Crippen molar-refractivity contribution >= 4 is 22.6 Å². The molecule has 4 aliphatic carbocycles. The van der Waals surface area contributed by atoms with Crippen LogP contribution in [0.2, 0.25) is 0 Å². The molecule has 0 heterocycles. The molecule has 3 atom stereocenters. The summed E-state index contributed by atoms with van der Waals surface area (Å²) in [7, 11) is 0. The van der Waals surface area contributed by atoms with E-state index in [0.29, 0.717) is 35.8 Å². The molecule has 6 nitrogen and oxygen atoms in total. The maximum atomic E-state index is 13.9. The van der Waals surface area contributed by atoms with E-state index < -0.39 is 35.1 Å². The van der Waals surface area contributed by atoms with Gasteiger partial charge >= 0.3 is 12.1 Å². The smallest absolute Gasteiger partial charge is 0.416 e. The van der Waals surface area contributed by atoms with E-state index >= 15 is 0 Å². The molecule has 4 bridgehead atoms. The number of ether oxygens (including phenoxy) is 2. The summed E-state index contributed by atoms with van der Waals surface area (Å²) in [6, 6.07) is 14.3. The molecule has 3 unspecified atom stereocenters. The molecule has 3 aromatic rings. The average Bonchev–Trinajstić information content (AvgIpc) is 2.93. The molecule has 3 aromatic carbocycles. The molecule has 4 fully saturated rings. The molecule has 0 aliphatic heterocycles. The topological polar surface area (TPSA) is 84.9 Å². The Kier molecular flexibility index (Phi) is 7.20. The summed E-state index contributed by atoms with van der Waals surface area (Å²) in [6.07, 6.45) is 0.587. The molecular weight excluding hydrogens is 547 g/mol. The Morgan fingerprint density at radius 2 is 1.69 bits per heavy atom. The van der Waals surface area contributed by atoms with E-state index in [4.69, 9.17) is 9.47 Å². The molecule has 0 aromatic heterocycles. The molecule has 2 N–H and O–H groups in total. The minimum Gasteiger partial charge on any atom is -0.487 e. The van der Waals surface area contributed by atoms with Crippen LogP contribution < -0.4 is 10.1 Å². The SMILES string of the molecule is CCOC12CC3CC(C1)CC(C(NC(=O)c1ccc4ccccc4c1OCc1ccc(C(F)(F)F)cc1)C(=O)O)(C3)C2. The first-order valence-corrected chi connectivity index (χ1v) is 14.5. The fourth-order valence-corrected chi connectivity index (χ4v) is 8.27. The number of carbonyl (C=O) groups excluding carboxylic acids is 1. The van der Waals surface area contributed by atoms with E-state index in [9.17, 15) is 27.9 Å². The van der Waals surface area contributed by atoms with Crippen LogP contribution >= 0.6 is 0 Å². The van der Waals surface area contributed by atoms with Crippen LogP contribution in [-0.2, 0) is 22.3 Å². The fraction of sp³-hybridized carbons (Fsp3) is 0.455. The Labute approximate surface area is 242 Å². The molecule has 222 valence electrons. The van der Waals surface area contributed by atoms with Gasteiger partial charge in [-0.15, -0.1) is 0 Å². The van der Waals surface area contributed by atoms with Crippen molar-refractivity contribution in [2.45, 2.75) is 69.9 Å². The van der Waals surface area contributed by atoms with Gasteiger partial charge in [-0.25, -0.2) is 4.79 Å². The van der Waals surface area contributed by atoms with Crippen molar-refractivity contribution in [1.29, 1.82) is 0 Å². The Morgan fingerprint density at radius 3 is 2.33 bits per heavy atom. The van der Waals surface area contributed by atoms with Crippen molar-refractivity contribution < 1.29 is 37.3 Å². The molecule has 42 heavy (non-hydrogen) atoms. The highest BCUT2D eigenvalue weighted by molar-refractivity contribution is 6.05. The summed E-state index contributed by atoms with van der Waals surface area (Å²) in [4.78, 5) is 26.7. The number of halogens is 3. The van der Waals surface area contributed by atoms with Gasteiger partial charge in [0.2, 0.25) is 0 Å². The first-order chi connectivity index (χ1) is 20.0. The van der Waals surface area contributed by atoms with Gasteiger partial charge in [-0.3, -0.25) is 4.79 Å². The van der Waals surface area contributed by atoms with E-state index in [1.54, 1.807) is 24.3 Å². The number of fused-ring (bicyclic) bond motifs is 1. The van der Waals surface area contributed by atoms with Crippen molar-refractivity contribution in [3.63, 3.8) is 0 Å². The number of aliphatic carboxylic acids is 1. The predicted octanol–water partition coefficient (Wildman–Crippen LogP) is 7.00. The Balaban J connectivity index is 1.29. The number of rotatable bonds is 9. The van der Waals surface area contributed by atoms with Gasteiger partial charge in [0.25, 0.3) is 5.91 Å². The maximum Gasteiger partial charge on any atom is 0.416 e. The minimum atomic E-state index is -4.44. The molecule has 0 radical (unpaired) electrons. The van der Waals surface area contributed by atoms with Crippen LogP contribution in [-0.4, -0.2) is 35.2 Å². The minimum absolute atomic E-state index is 0.0705.